The molecule has 1 fully saturated rings. The van der Waals surface area contributed by atoms with Crippen molar-refractivity contribution in [2.45, 2.75) is 102 Å². The van der Waals surface area contributed by atoms with Crippen LogP contribution in [0.5, 0.6) is 0 Å². The zero-order valence-corrected chi connectivity index (χ0v) is 16.9. The van der Waals surface area contributed by atoms with Crippen molar-refractivity contribution in [3.8, 4) is 0 Å². The Morgan fingerprint density at radius 1 is 0.857 bits per heavy atom. The van der Waals surface area contributed by atoms with Gasteiger partial charge in [0.15, 0.2) is 0 Å². The summed E-state index contributed by atoms with van der Waals surface area (Å²) in [6, 6.07) is 0. The van der Waals surface area contributed by atoms with Crippen LogP contribution in [0.2, 0.25) is 0 Å². The first-order valence-corrected chi connectivity index (χ1v) is 9.28. The second-order valence-corrected chi connectivity index (χ2v) is 9.91. The first-order chi connectivity index (χ1) is 9.28. The van der Waals surface area contributed by atoms with Crippen LogP contribution in [0.15, 0.2) is 0 Å². The van der Waals surface area contributed by atoms with Crippen molar-refractivity contribution in [2.24, 2.45) is 33.0 Å². The van der Waals surface area contributed by atoms with Crippen LogP contribution in [-0.4, -0.2) is 0 Å². The molecule has 21 heavy (non-hydrogen) atoms. The van der Waals surface area contributed by atoms with Crippen molar-refractivity contribution < 1.29 is 0 Å². The van der Waals surface area contributed by atoms with Crippen LogP contribution in [0.1, 0.15) is 102 Å². The Balaban J connectivity index is 3.50. The summed E-state index contributed by atoms with van der Waals surface area (Å²) >= 11 is 0. The van der Waals surface area contributed by atoms with Gasteiger partial charge in [-0.1, -0.05) is 95.4 Å². The van der Waals surface area contributed by atoms with Crippen molar-refractivity contribution in [1.82, 2.24) is 0 Å². The lowest BCUT2D eigenvalue weighted by Crippen LogP contribution is -2.50. The molecule has 1 saturated carbocycles. The summed E-state index contributed by atoms with van der Waals surface area (Å²) in [5.74, 6) is 0.733. The number of hydrogen-bond acceptors (Lipinski definition) is 0. The van der Waals surface area contributed by atoms with E-state index in [2.05, 4.69) is 76.2 Å². The van der Waals surface area contributed by atoms with E-state index in [1.807, 2.05) is 0 Å². The molecule has 0 heterocycles. The Bertz CT molecular complexity index is 373. The number of hydrogen-bond donors (Lipinski definition) is 0. The second-order valence-electron chi connectivity index (χ2n) is 9.91. The van der Waals surface area contributed by atoms with Gasteiger partial charge in [-0.2, -0.15) is 0 Å². The third-order valence-electron chi connectivity index (χ3n) is 9.54. The van der Waals surface area contributed by atoms with Gasteiger partial charge in [0.2, 0.25) is 0 Å². The van der Waals surface area contributed by atoms with Crippen molar-refractivity contribution in [2.75, 3.05) is 0 Å². The molecule has 3 atom stereocenters. The lowest BCUT2D eigenvalue weighted by atomic mass is 9.47. The molecule has 0 bridgehead atoms. The van der Waals surface area contributed by atoms with Gasteiger partial charge in [0, 0.05) is 0 Å². The minimum atomic E-state index is 0.335. The monoisotopic (exact) mass is 294 g/mol. The zero-order valence-electron chi connectivity index (χ0n) is 16.9. The van der Waals surface area contributed by atoms with Crippen molar-refractivity contribution in [1.29, 1.82) is 0 Å². The van der Waals surface area contributed by atoms with Gasteiger partial charge in [0.1, 0.15) is 0 Å². The Morgan fingerprint density at radius 3 is 1.62 bits per heavy atom. The van der Waals surface area contributed by atoms with Gasteiger partial charge >= 0.3 is 0 Å². The molecule has 0 amide bonds. The minimum absolute atomic E-state index is 0.335. The minimum Gasteiger partial charge on any atom is -0.0654 e. The molecule has 0 aromatic rings. The summed E-state index contributed by atoms with van der Waals surface area (Å²) in [7, 11) is 0. The first kappa shape index (κ1) is 19.0. The molecule has 0 saturated heterocycles. The average Bonchev–Trinajstić information content (AvgIpc) is 2.47. The number of rotatable bonds is 5. The van der Waals surface area contributed by atoms with Gasteiger partial charge in [-0.05, 0) is 39.4 Å². The lowest BCUT2D eigenvalue weighted by Gasteiger charge is -2.57. The molecule has 1 aliphatic rings. The van der Waals surface area contributed by atoms with Crippen LogP contribution < -0.4 is 0 Å². The molecule has 0 radical (unpaired) electrons. The summed E-state index contributed by atoms with van der Waals surface area (Å²) in [5.41, 5.74) is 1.85. The highest BCUT2D eigenvalue weighted by molar-refractivity contribution is 5.19. The molecular formula is C21H42. The van der Waals surface area contributed by atoms with Crippen LogP contribution >= 0.6 is 0 Å². The summed E-state index contributed by atoms with van der Waals surface area (Å²) in [6.45, 7) is 27.7. The molecule has 126 valence electrons. The van der Waals surface area contributed by atoms with E-state index in [1.54, 1.807) is 0 Å². The van der Waals surface area contributed by atoms with Gasteiger partial charge in [-0.15, -0.1) is 0 Å². The molecule has 3 unspecified atom stereocenters. The third-order valence-corrected chi connectivity index (χ3v) is 9.54. The highest BCUT2D eigenvalue weighted by atomic mass is 14.8. The SMILES string of the molecule is CCCCC(C)(CC)C1(C)C(C)C(C)(C)C(C)(C)C1(C)C. The average molecular weight is 295 g/mol. The van der Waals surface area contributed by atoms with E-state index in [0.29, 0.717) is 27.1 Å². The van der Waals surface area contributed by atoms with E-state index in [1.165, 1.54) is 25.7 Å². The fraction of sp³-hybridized carbons (Fsp3) is 1.00. The Kier molecular flexibility index (Phi) is 4.78. The molecule has 1 aliphatic carbocycles. The van der Waals surface area contributed by atoms with Crippen molar-refractivity contribution >= 4 is 0 Å². The molecule has 0 heteroatoms. The second kappa shape index (κ2) is 5.27. The van der Waals surface area contributed by atoms with E-state index < -0.39 is 0 Å². The van der Waals surface area contributed by atoms with Crippen LogP contribution in [0.25, 0.3) is 0 Å². The molecule has 0 spiro atoms. The van der Waals surface area contributed by atoms with Crippen LogP contribution in [0.3, 0.4) is 0 Å². The van der Waals surface area contributed by atoms with Gasteiger partial charge in [-0.25, -0.2) is 0 Å². The smallest absolute Gasteiger partial charge is 0.0185 e. The largest absolute Gasteiger partial charge is 0.0654 e. The van der Waals surface area contributed by atoms with Crippen molar-refractivity contribution in [3.05, 3.63) is 0 Å². The van der Waals surface area contributed by atoms with Gasteiger partial charge in [0.25, 0.3) is 0 Å². The van der Waals surface area contributed by atoms with E-state index in [-0.39, 0.29) is 0 Å². The molecular weight excluding hydrogens is 252 g/mol. The first-order valence-electron chi connectivity index (χ1n) is 9.28. The van der Waals surface area contributed by atoms with Gasteiger partial charge in [0.05, 0.1) is 0 Å². The lowest BCUT2D eigenvalue weighted by molar-refractivity contribution is -0.0889. The van der Waals surface area contributed by atoms with Crippen LogP contribution in [0.4, 0.5) is 0 Å². The van der Waals surface area contributed by atoms with Crippen LogP contribution in [-0.2, 0) is 0 Å². The van der Waals surface area contributed by atoms with Crippen LogP contribution in [0, 0.1) is 33.0 Å². The molecule has 0 aromatic carbocycles. The zero-order chi connectivity index (χ0) is 16.9. The maximum atomic E-state index is 2.62. The summed E-state index contributed by atoms with van der Waals surface area (Å²) in [4.78, 5) is 0. The van der Waals surface area contributed by atoms with Crippen molar-refractivity contribution in [3.63, 3.8) is 0 Å². The Hall–Kier alpha value is 0. The van der Waals surface area contributed by atoms with E-state index >= 15 is 0 Å². The van der Waals surface area contributed by atoms with Gasteiger partial charge < -0.3 is 0 Å². The maximum absolute atomic E-state index is 2.62. The standard InChI is InChI=1S/C21H42/c1-12-14-15-20(10,13-2)21(11)16(3)17(4,5)18(6,7)19(21,8)9/h16H,12-15H2,1-11H3. The molecule has 0 aromatic heterocycles. The highest BCUT2D eigenvalue weighted by Gasteiger charge is 2.71. The van der Waals surface area contributed by atoms with E-state index in [9.17, 15) is 0 Å². The number of unbranched alkanes of at least 4 members (excludes halogenated alkanes) is 1. The fourth-order valence-corrected chi connectivity index (χ4v) is 5.91. The Morgan fingerprint density at radius 2 is 1.33 bits per heavy atom. The Labute approximate surface area is 135 Å². The van der Waals surface area contributed by atoms with E-state index in [0.717, 1.165) is 5.92 Å². The van der Waals surface area contributed by atoms with E-state index in [4.69, 9.17) is 0 Å². The summed E-state index contributed by atoms with van der Waals surface area (Å²) in [5, 5.41) is 0. The molecule has 0 N–H and O–H groups in total. The third kappa shape index (κ3) is 2.07. The predicted molar refractivity (Wildman–Crippen MR) is 96.5 cm³/mol. The highest BCUT2D eigenvalue weighted by Crippen LogP contribution is 2.78. The predicted octanol–water partition coefficient (Wildman–Crippen LogP) is 7.33. The quantitative estimate of drug-likeness (QED) is 0.498. The topological polar surface area (TPSA) is 0 Å². The summed E-state index contributed by atoms with van der Waals surface area (Å²) < 4.78 is 0. The summed E-state index contributed by atoms with van der Waals surface area (Å²) in [6.07, 6.45) is 5.34. The molecule has 0 nitrogen and oxygen atoms in total. The molecule has 1 rings (SSSR count). The van der Waals surface area contributed by atoms with Gasteiger partial charge in [-0.3, -0.25) is 0 Å². The molecule has 0 aliphatic heterocycles. The normalized spacial score (nSPS) is 36.4. The fourth-order valence-electron chi connectivity index (χ4n) is 5.91. The maximum Gasteiger partial charge on any atom is -0.0185 e.